The van der Waals surface area contributed by atoms with Crippen LogP contribution in [0.25, 0.3) is 10.9 Å². The number of aromatic nitrogens is 1. The fourth-order valence-electron chi connectivity index (χ4n) is 1.86. The van der Waals surface area contributed by atoms with Gasteiger partial charge in [0.05, 0.1) is 0 Å². The van der Waals surface area contributed by atoms with Gasteiger partial charge in [0, 0.05) is 35.8 Å². The first-order chi connectivity index (χ1) is 10.5. The number of aryl methyl sites for hydroxylation is 1. The minimum Gasteiger partial charge on any atom is -0.478 e. The molecule has 0 unspecified atom stereocenters. The van der Waals surface area contributed by atoms with Crippen LogP contribution in [-0.4, -0.2) is 33.7 Å². The van der Waals surface area contributed by atoms with E-state index in [0.29, 0.717) is 12.2 Å². The molecule has 0 bridgehead atoms. The Labute approximate surface area is 127 Å². The summed E-state index contributed by atoms with van der Waals surface area (Å²) in [5.41, 5.74) is 5.25. The molecule has 0 saturated heterocycles. The fraction of sp³-hybridized carbons (Fsp3) is 0.200. The van der Waals surface area contributed by atoms with Gasteiger partial charge in [-0.3, -0.25) is 11.3 Å². The highest BCUT2D eigenvalue weighted by Gasteiger charge is 2.01. The monoisotopic (exact) mass is 305 g/mol. The smallest absolute Gasteiger partial charge is 0.328 e. The molecule has 0 saturated carbocycles. The number of benzene rings is 1. The van der Waals surface area contributed by atoms with Gasteiger partial charge in [0.15, 0.2) is 0 Å². The summed E-state index contributed by atoms with van der Waals surface area (Å²) in [6.45, 7) is 0.861. The van der Waals surface area contributed by atoms with Crippen molar-refractivity contribution in [3.8, 4) is 0 Å². The molecule has 2 rings (SSSR count). The van der Waals surface area contributed by atoms with E-state index < -0.39 is 11.9 Å². The molecule has 1 aromatic carbocycles. The van der Waals surface area contributed by atoms with Crippen LogP contribution in [-0.2, 0) is 16.0 Å². The zero-order chi connectivity index (χ0) is 16.4. The lowest BCUT2D eigenvalue weighted by Crippen LogP contribution is -2.23. The number of nitrogens with two attached hydrogens (primary N) is 1. The Hall–Kier alpha value is -2.64. The van der Waals surface area contributed by atoms with Gasteiger partial charge in [-0.25, -0.2) is 9.59 Å². The molecule has 0 aliphatic carbocycles. The number of carbonyl (C=O) groups is 2. The number of H-pyrrole nitrogens is 1. The second kappa shape index (κ2) is 9.32. The predicted octanol–water partition coefficient (Wildman–Crippen LogP) is 1.28. The zero-order valence-corrected chi connectivity index (χ0v) is 12.0. The summed E-state index contributed by atoms with van der Waals surface area (Å²) in [5, 5.41) is 16.9. The highest BCUT2D eigenvalue weighted by Crippen LogP contribution is 2.18. The number of nitrogens with one attached hydrogen (secondary N) is 2. The summed E-state index contributed by atoms with van der Waals surface area (Å²) in [6.07, 6.45) is 5.33. The van der Waals surface area contributed by atoms with E-state index in [9.17, 15) is 9.59 Å². The number of hydrogen-bond donors (Lipinski definition) is 5. The van der Waals surface area contributed by atoms with Gasteiger partial charge in [0.2, 0.25) is 0 Å². The van der Waals surface area contributed by atoms with Crippen LogP contribution in [0.2, 0.25) is 0 Å². The van der Waals surface area contributed by atoms with Gasteiger partial charge in [-0.2, -0.15) is 0 Å². The predicted molar refractivity (Wildman–Crippen MR) is 83.2 cm³/mol. The van der Waals surface area contributed by atoms with Gasteiger partial charge in [0.1, 0.15) is 0 Å². The van der Waals surface area contributed by atoms with Crippen LogP contribution in [0, 0.1) is 0 Å². The molecule has 0 atom stereocenters. The lowest BCUT2D eigenvalue weighted by molar-refractivity contribution is -0.134. The SMILES string of the molecule is NNCCCc1c[nH]c2ccccc12.O=C(O)/C=C/C(=O)O. The molecule has 0 amide bonds. The first-order valence-electron chi connectivity index (χ1n) is 6.67. The Bertz CT molecular complexity index is 633. The number of hydrazine groups is 1. The van der Waals surface area contributed by atoms with Crippen molar-refractivity contribution in [3.63, 3.8) is 0 Å². The highest BCUT2D eigenvalue weighted by atomic mass is 16.4. The van der Waals surface area contributed by atoms with E-state index in [-0.39, 0.29) is 0 Å². The van der Waals surface area contributed by atoms with Crippen molar-refractivity contribution in [2.45, 2.75) is 12.8 Å². The summed E-state index contributed by atoms with van der Waals surface area (Å²) >= 11 is 0. The number of hydrogen-bond acceptors (Lipinski definition) is 4. The van der Waals surface area contributed by atoms with E-state index in [2.05, 4.69) is 34.8 Å². The second-order valence-corrected chi connectivity index (χ2v) is 4.43. The Balaban J connectivity index is 0.000000261. The van der Waals surface area contributed by atoms with Crippen LogP contribution in [0.3, 0.4) is 0 Å². The lowest BCUT2D eigenvalue weighted by Gasteiger charge is -1.98. The molecule has 0 spiro atoms. The molecular formula is C15H19N3O4. The van der Waals surface area contributed by atoms with Gasteiger partial charge in [0.25, 0.3) is 0 Å². The quantitative estimate of drug-likeness (QED) is 0.237. The largest absolute Gasteiger partial charge is 0.478 e. The Morgan fingerprint density at radius 3 is 2.41 bits per heavy atom. The second-order valence-electron chi connectivity index (χ2n) is 4.43. The molecule has 118 valence electrons. The van der Waals surface area contributed by atoms with E-state index in [1.54, 1.807) is 0 Å². The van der Waals surface area contributed by atoms with Crippen molar-refractivity contribution in [3.05, 3.63) is 48.2 Å². The van der Waals surface area contributed by atoms with E-state index in [1.807, 2.05) is 6.07 Å². The maximum absolute atomic E-state index is 9.55. The van der Waals surface area contributed by atoms with Crippen molar-refractivity contribution in [1.29, 1.82) is 0 Å². The molecule has 1 heterocycles. The van der Waals surface area contributed by atoms with Crippen molar-refractivity contribution in [2.75, 3.05) is 6.54 Å². The maximum atomic E-state index is 9.55. The topological polar surface area (TPSA) is 128 Å². The minimum absolute atomic E-state index is 0.558. The van der Waals surface area contributed by atoms with Crippen LogP contribution < -0.4 is 11.3 Å². The first kappa shape index (κ1) is 17.4. The standard InChI is InChI=1S/C11H15N3.C4H4O4/c12-14-7-3-4-9-8-13-11-6-2-1-5-10(9)11;5-3(6)1-2-4(7)8/h1-2,5-6,8,13-14H,3-4,7,12H2;1-2H,(H,5,6)(H,7,8)/b;2-1+. The number of aliphatic carboxylic acids is 2. The Kier molecular flexibility index (Phi) is 7.38. The van der Waals surface area contributed by atoms with Crippen LogP contribution in [0.4, 0.5) is 0 Å². The van der Waals surface area contributed by atoms with Crippen molar-refractivity contribution < 1.29 is 19.8 Å². The number of carboxylic acid groups (broad SMARTS) is 2. The molecule has 0 radical (unpaired) electrons. The molecule has 7 nitrogen and oxygen atoms in total. The number of para-hydroxylation sites is 1. The summed E-state index contributed by atoms with van der Waals surface area (Å²) in [4.78, 5) is 22.4. The molecule has 7 heteroatoms. The molecule has 6 N–H and O–H groups in total. The lowest BCUT2D eigenvalue weighted by atomic mass is 10.1. The summed E-state index contributed by atoms with van der Waals surface area (Å²) < 4.78 is 0. The van der Waals surface area contributed by atoms with Crippen molar-refractivity contribution in [2.24, 2.45) is 5.84 Å². The third-order valence-corrected chi connectivity index (χ3v) is 2.81. The van der Waals surface area contributed by atoms with Crippen LogP contribution in [0.5, 0.6) is 0 Å². The fourth-order valence-corrected chi connectivity index (χ4v) is 1.86. The molecule has 0 fully saturated rings. The Morgan fingerprint density at radius 1 is 1.18 bits per heavy atom. The summed E-state index contributed by atoms with van der Waals surface area (Å²) in [7, 11) is 0. The van der Waals surface area contributed by atoms with E-state index in [0.717, 1.165) is 19.4 Å². The van der Waals surface area contributed by atoms with E-state index in [4.69, 9.17) is 16.1 Å². The van der Waals surface area contributed by atoms with Crippen molar-refractivity contribution in [1.82, 2.24) is 10.4 Å². The molecule has 2 aromatic rings. The van der Waals surface area contributed by atoms with E-state index in [1.165, 1.54) is 16.5 Å². The van der Waals surface area contributed by atoms with Gasteiger partial charge >= 0.3 is 11.9 Å². The Morgan fingerprint density at radius 2 is 1.82 bits per heavy atom. The van der Waals surface area contributed by atoms with Crippen LogP contribution in [0.15, 0.2) is 42.6 Å². The normalized spacial score (nSPS) is 10.4. The van der Waals surface area contributed by atoms with Gasteiger partial charge in [-0.15, -0.1) is 0 Å². The van der Waals surface area contributed by atoms with Crippen LogP contribution in [0.1, 0.15) is 12.0 Å². The first-order valence-corrected chi connectivity index (χ1v) is 6.67. The maximum Gasteiger partial charge on any atom is 0.328 e. The molecule has 0 aliphatic heterocycles. The molecule has 0 aliphatic rings. The van der Waals surface area contributed by atoms with Gasteiger partial charge < -0.3 is 15.2 Å². The number of aromatic amines is 1. The number of carboxylic acids is 2. The van der Waals surface area contributed by atoms with Gasteiger partial charge in [-0.05, 0) is 24.5 Å². The third-order valence-electron chi connectivity index (χ3n) is 2.81. The average Bonchev–Trinajstić information content (AvgIpc) is 2.90. The summed E-state index contributed by atoms with van der Waals surface area (Å²) in [6, 6.07) is 8.36. The zero-order valence-electron chi connectivity index (χ0n) is 12.0. The van der Waals surface area contributed by atoms with E-state index >= 15 is 0 Å². The minimum atomic E-state index is -1.26. The van der Waals surface area contributed by atoms with Gasteiger partial charge in [-0.1, -0.05) is 18.2 Å². The van der Waals surface area contributed by atoms with Crippen molar-refractivity contribution >= 4 is 22.8 Å². The molecule has 22 heavy (non-hydrogen) atoms. The third kappa shape index (κ3) is 6.21. The van der Waals surface area contributed by atoms with Crippen LogP contribution >= 0.6 is 0 Å². The molecule has 1 aromatic heterocycles. The number of rotatable bonds is 6. The highest BCUT2D eigenvalue weighted by molar-refractivity contribution is 5.89. The number of fused-ring (bicyclic) bond motifs is 1. The average molecular weight is 305 g/mol. The summed E-state index contributed by atoms with van der Waals surface area (Å²) in [5.74, 6) is 2.71. The molecular weight excluding hydrogens is 286 g/mol.